The predicted octanol–water partition coefficient (Wildman–Crippen LogP) is 3.15. The Morgan fingerprint density at radius 1 is 1.00 bits per heavy atom. The van der Waals surface area contributed by atoms with Gasteiger partial charge in [-0.15, -0.1) is 0 Å². The van der Waals surface area contributed by atoms with Crippen LogP contribution in [-0.4, -0.2) is 11.2 Å². The monoisotopic (exact) mass is 241 g/mol. The van der Waals surface area contributed by atoms with E-state index >= 15 is 0 Å². The zero-order valence-corrected chi connectivity index (χ0v) is 9.46. The maximum absolute atomic E-state index is 10.9. The van der Waals surface area contributed by atoms with Crippen LogP contribution in [-0.2, 0) is 0 Å². The van der Waals surface area contributed by atoms with Gasteiger partial charge in [0, 0.05) is 11.1 Å². The van der Waals surface area contributed by atoms with E-state index in [1.807, 2.05) is 48.5 Å². The molecule has 2 aromatic rings. The molecule has 1 heterocycles. The fourth-order valence-electron chi connectivity index (χ4n) is 2.19. The molecule has 0 saturated heterocycles. The van der Waals surface area contributed by atoms with Crippen molar-refractivity contribution in [3.8, 4) is 11.5 Å². The van der Waals surface area contributed by atoms with Gasteiger partial charge in [0.2, 0.25) is 0 Å². The SMILES string of the molecule is O=C(O)NC1c2ccccc2Oc2ccccc21. The number of rotatable bonds is 1. The van der Waals surface area contributed by atoms with E-state index < -0.39 is 6.09 Å². The van der Waals surface area contributed by atoms with E-state index in [0.717, 1.165) is 11.1 Å². The van der Waals surface area contributed by atoms with Gasteiger partial charge >= 0.3 is 6.09 Å². The van der Waals surface area contributed by atoms with Crippen molar-refractivity contribution in [3.05, 3.63) is 59.7 Å². The maximum Gasteiger partial charge on any atom is 0.405 e. The summed E-state index contributed by atoms with van der Waals surface area (Å²) in [6.07, 6.45) is -1.05. The minimum absolute atomic E-state index is 0.386. The summed E-state index contributed by atoms with van der Waals surface area (Å²) in [7, 11) is 0. The molecule has 0 radical (unpaired) electrons. The Balaban J connectivity index is 2.14. The van der Waals surface area contributed by atoms with Crippen LogP contribution >= 0.6 is 0 Å². The zero-order chi connectivity index (χ0) is 12.5. The Hall–Kier alpha value is -2.49. The number of benzene rings is 2. The third kappa shape index (κ3) is 1.68. The second-order valence-electron chi connectivity index (χ2n) is 4.06. The van der Waals surface area contributed by atoms with Gasteiger partial charge in [0.1, 0.15) is 11.5 Å². The highest BCUT2D eigenvalue weighted by molar-refractivity contribution is 5.68. The molecule has 0 saturated carbocycles. The van der Waals surface area contributed by atoms with E-state index in [-0.39, 0.29) is 6.04 Å². The van der Waals surface area contributed by atoms with Crippen LogP contribution in [0.4, 0.5) is 4.79 Å². The second-order valence-corrected chi connectivity index (χ2v) is 4.06. The molecule has 4 nitrogen and oxygen atoms in total. The van der Waals surface area contributed by atoms with E-state index in [1.54, 1.807) is 0 Å². The molecular formula is C14H11NO3. The van der Waals surface area contributed by atoms with Crippen molar-refractivity contribution in [2.24, 2.45) is 0 Å². The largest absolute Gasteiger partial charge is 0.465 e. The lowest BCUT2D eigenvalue weighted by atomic mass is 9.95. The van der Waals surface area contributed by atoms with Crippen LogP contribution in [0.25, 0.3) is 0 Å². The predicted molar refractivity (Wildman–Crippen MR) is 66.0 cm³/mol. The number of amides is 1. The Kier molecular flexibility index (Phi) is 2.41. The highest BCUT2D eigenvalue weighted by Crippen LogP contribution is 2.42. The van der Waals surface area contributed by atoms with Crippen molar-refractivity contribution in [1.82, 2.24) is 5.32 Å². The fourth-order valence-corrected chi connectivity index (χ4v) is 2.19. The highest BCUT2D eigenvalue weighted by Gasteiger charge is 2.27. The Morgan fingerprint density at radius 3 is 2.00 bits per heavy atom. The lowest BCUT2D eigenvalue weighted by Gasteiger charge is -2.27. The first-order chi connectivity index (χ1) is 8.75. The minimum atomic E-state index is -1.05. The van der Waals surface area contributed by atoms with Crippen LogP contribution in [0.5, 0.6) is 11.5 Å². The molecule has 0 unspecified atom stereocenters. The number of hydrogen-bond acceptors (Lipinski definition) is 2. The van der Waals surface area contributed by atoms with Gasteiger partial charge < -0.3 is 15.2 Å². The normalized spacial score (nSPS) is 13.1. The third-order valence-electron chi connectivity index (χ3n) is 2.95. The molecule has 18 heavy (non-hydrogen) atoms. The van der Waals surface area contributed by atoms with Crippen molar-refractivity contribution in [3.63, 3.8) is 0 Å². The molecule has 3 rings (SSSR count). The van der Waals surface area contributed by atoms with Crippen molar-refractivity contribution >= 4 is 6.09 Å². The Labute approximate surface area is 104 Å². The standard InChI is InChI=1S/C14H11NO3/c16-14(17)15-13-9-5-1-3-7-11(9)18-12-8-4-2-6-10(12)13/h1-8,13,15H,(H,16,17). The molecular weight excluding hydrogens is 230 g/mol. The first-order valence-electron chi connectivity index (χ1n) is 5.61. The number of hydrogen-bond donors (Lipinski definition) is 2. The Morgan fingerprint density at radius 2 is 1.50 bits per heavy atom. The van der Waals surface area contributed by atoms with E-state index in [4.69, 9.17) is 9.84 Å². The maximum atomic E-state index is 10.9. The molecule has 0 atom stereocenters. The number of fused-ring (bicyclic) bond motifs is 2. The summed E-state index contributed by atoms with van der Waals surface area (Å²) in [5, 5.41) is 11.5. The van der Waals surface area contributed by atoms with Gasteiger partial charge in [-0.3, -0.25) is 0 Å². The van der Waals surface area contributed by atoms with Crippen LogP contribution < -0.4 is 10.1 Å². The van der Waals surface area contributed by atoms with Crippen molar-refractivity contribution in [2.75, 3.05) is 0 Å². The summed E-state index contributed by atoms with van der Waals surface area (Å²) in [6, 6.07) is 14.5. The van der Waals surface area contributed by atoms with E-state index in [2.05, 4.69) is 5.32 Å². The first-order valence-corrected chi connectivity index (χ1v) is 5.61. The molecule has 1 aliphatic heterocycles. The van der Waals surface area contributed by atoms with Gasteiger partial charge in [0.15, 0.2) is 0 Å². The molecule has 90 valence electrons. The summed E-state index contributed by atoms with van der Waals surface area (Å²) in [6.45, 7) is 0. The van der Waals surface area contributed by atoms with Crippen molar-refractivity contribution in [1.29, 1.82) is 0 Å². The van der Waals surface area contributed by atoms with Crippen LogP contribution in [0.15, 0.2) is 48.5 Å². The molecule has 2 aromatic carbocycles. The van der Waals surface area contributed by atoms with Gasteiger partial charge in [-0.05, 0) is 12.1 Å². The number of ether oxygens (including phenoxy) is 1. The number of carbonyl (C=O) groups is 1. The number of carboxylic acid groups (broad SMARTS) is 1. The van der Waals surface area contributed by atoms with E-state index in [1.165, 1.54) is 0 Å². The molecule has 0 aromatic heterocycles. The average molecular weight is 241 g/mol. The van der Waals surface area contributed by atoms with Crippen LogP contribution in [0.1, 0.15) is 17.2 Å². The average Bonchev–Trinajstić information content (AvgIpc) is 2.38. The molecule has 2 N–H and O–H groups in total. The lowest BCUT2D eigenvalue weighted by Crippen LogP contribution is -2.29. The van der Waals surface area contributed by atoms with Crippen LogP contribution in [0.2, 0.25) is 0 Å². The summed E-state index contributed by atoms with van der Waals surface area (Å²) in [5.74, 6) is 1.38. The molecule has 0 fully saturated rings. The van der Waals surface area contributed by atoms with Gasteiger partial charge in [-0.2, -0.15) is 0 Å². The molecule has 4 heteroatoms. The minimum Gasteiger partial charge on any atom is -0.465 e. The number of para-hydroxylation sites is 2. The zero-order valence-electron chi connectivity index (χ0n) is 9.46. The van der Waals surface area contributed by atoms with Crippen LogP contribution in [0, 0.1) is 0 Å². The van der Waals surface area contributed by atoms with Gasteiger partial charge in [-0.25, -0.2) is 4.79 Å². The van der Waals surface area contributed by atoms with E-state index in [0.29, 0.717) is 11.5 Å². The van der Waals surface area contributed by atoms with Gasteiger partial charge in [0.05, 0.1) is 6.04 Å². The molecule has 0 aliphatic carbocycles. The quantitative estimate of drug-likeness (QED) is 0.806. The summed E-state index contributed by atoms with van der Waals surface area (Å²) in [5.41, 5.74) is 1.66. The number of nitrogens with one attached hydrogen (secondary N) is 1. The summed E-state index contributed by atoms with van der Waals surface area (Å²) < 4.78 is 5.76. The highest BCUT2D eigenvalue weighted by atomic mass is 16.5. The van der Waals surface area contributed by atoms with Crippen LogP contribution in [0.3, 0.4) is 0 Å². The van der Waals surface area contributed by atoms with Gasteiger partial charge in [0.25, 0.3) is 0 Å². The lowest BCUT2D eigenvalue weighted by molar-refractivity contribution is 0.191. The molecule has 1 amide bonds. The second kappa shape index (κ2) is 4.07. The summed E-state index contributed by atoms with van der Waals surface area (Å²) in [4.78, 5) is 10.9. The molecule has 0 bridgehead atoms. The van der Waals surface area contributed by atoms with E-state index in [9.17, 15) is 4.79 Å². The molecule has 1 aliphatic rings. The smallest absolute Gasteiger partial charge is 0.405 e. The fraction of sp³-hybridized carbons (Fsp3) is 0.0714. The Bertz CT molecular complexity index is 564. The first kappa shape index (κ1) is 10.7. The molecule has 0 spiro atoms. The summed E-state index contributed by atoms with van der Waals surface area (Å²) >= 11 is 0. The topological polar surface area (TPSA) is 58.6 Å². The third-order valence-corrected chi connectivity index (χ3v) is 2.95. The van der Waals surface area contributed by atoms with Crippen molar-refractivity contribution < 1.29 is 14.6 Å². The van der Waals surface area contributed by atoms with Crippen molar-refractivity contribution in [2.45, 2.75) is 6.04 Å². The van der Waals surface area contributed by atoms with Gasteiger partial charge in [-0.1, -0.05) is 36.4 Å².